The van der Waals surface area contributed by atoms with Gasteiger partial charge in [0.15, 0.2) is 47.6 Å². The third-order valence-electron chi connectivity index (χ3n) is 14.6. The Morgan fingerprint density at radius 3 is 0.972 bits per heavy atom. The van der Waals surface area contributed by atoms with Crippen LogP contribution in [0.25, 0.3) is 0 Å². The predicted molar refractivity (Wildman–Crippen MR) is 472 cm³/mol. The minimum atomic E-state index is -0.00434. The number of benzene rings is 7. The van der Waals surface area contributed by atoms with Gasteiger partial charge in [0.25, 0.3) is 0 Å². The van der Waals surface area contributed by atoms with Crippen molar-refractivity contribution in [2.24, 2.45) is 0 Å². The summed E-state index contributed by atoms with van der Waals surface area (Å²) in [6, 6.07) is 36.6. The number of rotatable bonds is 28. The lowest BCUT2D eigenvalue weighted by Gasteiger charge is -2.28. The van der Waals surface area contributed by atoms with E-state index in [-0.39, 0.29) is 125 Å². The molecule has 0 saturated heterocycles. The fourth-order valence-electron chi connectivity index (χ4n) is 9.35. The molecule has 7 unspecified atom stereocenters. The first-order valence-corrected chi connectivity index (χ1v) is 47.4. The van der Waals surface area contributed by atoms with Gasteiger partial charge in [-0.2, -0.15) is 0 Å². The summed E-state index contributed by atoms with van der Waals surface area (Å²) < 4.78 is 72.8. The standard InChI is InChI=1S/C16H26ClO2P.2C13H20ClO2P.C10H14ClO2P.2C9H12ClO2P.C8H10ClO2P/c1-15(2,3)11-8-12(16(4,5)6)14(19-10-18-7)13(9-11)20-17;1-9-6-10(13(2,3)4)7-11(17-14)12(9)16-8-15-5;1-9-6-10(13(2,3)4)12(16-8-15-5)11(7-9)17-14;1-7-4-8(2)10(13-6-12-3)9(5-7)14-11;1-7-3-4-8(12-6-11-2)9(5-7)13-10;1-7-4-3-5-8(13-10)9(7)12-6-11-2;1-10-6-11-7-4-2-3-5-8(7)12-9/h8-9,20H,10H2,1-7H3;2*6-7,17H,8H2,1-5H3;4-5,14H,6H2,1-3H3;2*3-5,13H,6H2,1-2H3;2-5,12H,6H2,1H3. The molecule has 14 nitrogen and oxygen atoms in total. The fraction of sp³-hybridized carbons (Fsp3) is 0.462. The Hall–Kier alpha value is -2.10. The van der Waals surface area contributed by atoms with Gasteiger partial charge in [0.05, 0.1) is 0 Å². The molecule has 0 aliphatic heterocycles. The number of hydrogen-bond donors (Lipinski definition) is 0. The molecule has 0 amide bonds. The normalized spacial score (nSPS) is 11.8. The molecule has 0 heterocycles. The van der Waals surface area contributed by atoms with Crippen molar-refractivity contribution in [3.63, 3.8) is 0 Å². The van der Waals surface area contributed by atoms with Crippen LogP contribution in [0.4, 0.5) is 0 Å². The average Bonchev–Trinajstić information content (AvgIpc) is 0.788. The molecule has 7 aromatic rings. The van der Waals surface area contributed by atoms with Gasteiger partial charge in [0, 0.05) is 154 Å². The van der Waals surface area contributed by atoms with Gasteiger partial charge < -0.3 is 66.3 Å². The van der Waals surface area contributed by atoms with E-state index in [2.05, 4.69) is 132 Å². The minimum Gasteiger partial charge on any atom is -0.467 e. The van der Waals surface area contributed by atoms with Crippen molar-refractivity contribution >= 4 is 171 Å². The van der Waals surface area contributed by atoms with Crippen molar-refractivity contribution < 1.29 is 66.3 Å². The Balaban J connectivity index is 0.000000622. The van der Waals surface area contributed by atoms with E-state index in [4.69, 9.17) is 145 Å². The Labute approximate surface area is 681 Å². The second-order valence-electron chi connectivity index (χ2n) is 27.7. The third kappa shape index (κ3) is 37.7. The van der Waals surface area contributed by atoms with E-state index in [0.29, 0.717) is 0 Å². The molecule has 28 heteroatoms. The molecule has 7 atom stereocenters. The van der Waals surface area contributed by atoms with E-state index in [1.54, 1.807) is 49.8 Å². The zero-order valence-electron chi connectivity index (χ0n) is 66.2. The Morgan fingerprint density at radius 2 is 0.566 bits per heavy atom. The maximum atomic E-state index is 6.16. The molecule has 594 valence electrons. The van der Waals surface area contributed by atoms with Crippen LogP contribution in [0, 0.1) is 41.5 Å². The average molecular weight is 1740 g/mol. The topological polar surface area (TPSA) is 129 Å². The second kappa shape index (κ2) is 54.6. The molecule has 0 saturated carbocycles. The summed E-state index contributed by atoms with van der Waals surface area (Å²) in [6.07, 6.45) is 0. The molecule has 0 aromatic heterocycles. The number of para-hydroxylation sites is 2. The SMILES string of the molecule is COCOc1c(C)cc(C(C)(C)C)cc1PCl.COCOc1c(C)cc(C)cc1PCl.COCOc1c(C)cccc1PCl.COCOc1c(PCl)cc(C(C)(C)C)cc1C(C)(C)C.COCOc1c(PCl)cc(C)cc1C(C)(C)C.COCOc1ccc(C)cc1PCl.COCOc1ccccc1PCl. The summed E-state index contributed by atoms with van der Waals surface area (Å²) in [5.74, 6) is 5.91. The fourth-order valence-corrected chi connectivity index (χ4v) is 16.1. The van der Waals surface area contributed by atoms with Crippen LogP contribution >= 0.6 is 134 Å². The molecule has 0 N–H and O–H groups in total. The van der Waals surface area contributed by atoms with Crippen LogP contribution in [0.5, 0.6) is 40.2 Å². The summed E-state index contributed by atoms with van der Waals surface area (Å²) >= 11 is 41.3. The number of hydrogen-bond acceptors (Lipinski definition) is 14. The van der Waals surface area contributed by atoms with Gasteiger partial charge in [-0.15, -0.1) is 0 Å². The Kier molecular flexibility index (Phi) is 52.5. The van der Waals surface area contributed by atoms with Gasteiger partial charge >= 0.3 is 0 Å². The van der Waals surface area contributed by atoms with E-state index in [0.717, 1.165) is 94.1 Å². The first-order chi connectivity index (χ1) is 50.0. The first kappa shape index (κ1) is 102. The number of halogens is 7. The molecular weight excluding hydrogens is 1630 g/mol. The first-order valence-electron chi connectivity index (χ1n) is 33.3. The molecular formula is C78H114Cl7O14P7. The number of aryl methyl sites for hydroxylation is 6. The lowest BCUT2D eigenvalue weighted by atomic mass is 9.80. The highest BCUT2D eigenvalue weighted by molar-refractivity contribution is 7.76. The Morgan fingerprint density at radius 1 is 0.255 bits per heavy atom. The zero-order chi connectivity index (χ0) is 80.4. The zero-order valence-corrected chi connectivity index (χ0v) is 78.5. The van der Waals surface area contributed by atoms with E-state index in [9.17, 15) is 0 Å². The van der Waals surface area contributed by atoms with Gasteiger partial charge in [-0.3, -0.25) is 0 Å². The van der Waals surface area contributed by atoms with Crippen molar-refractivity contribution in [1.82, 2.24) is 0 Å². The van der Waals surface area contributed by atoms with Gasteiger partial charge in [0.1, 0.15) is 40.2 Å². The van der Waals surface area contributed by atoms with Crippen molar-refractivity contribution in [3.05, 3.63) is 165 Å². The largest absolute Gasteiger partial charge is 0.467 e. The van der Waals surface area contributed by atoms with Crippen molar-refractivity contribution in [1.29, 1.82) is 0 Å². The van der Waals surface area contributed by atoms with Gasteiger partial charge in [0.2, 0.25) is 0 Å². The maximum Gasteiger partial charge on any atom is 0.188 e. The molecule has 0 bridgehead atoms. The van der Waals surface area contributed by atoms with Crippen LogP contribution in [0.2, 0.25) is 0 Å². The van der Waals surface area contributed by atoms with Gasteiger partial charge in [-0.1, -0.05) is 222 Å². The van der Waals surface area contributed by atoms with Crippen molar-refractivity contribution in [3.8, 4) is 40.2 Å². The lowest BCUT2D eigenvalue weighted by Crippen LogP contribution is -2.22. The minimum absolute atomic E-state index is 0.00434. The highest BCUT2D eigenvalue weighted by Gasteiger charge is 2.27. The third-order valence-corrected chi connectivity index (χ3v) is 23.0. The molecule has 0 fully saturated rings. The predicted octanol–water partition coefficient (Wildman–Crippen LogP) is 21.9. The van der Waals surface area contributed by atoms with E-state index in [1.165, 1.54) is 38.9 Å². The molecule has 0 spiro atoms. The monoisotopic (exact) mass is 1740 g/mol. The van der Waals surface area contributed by atoms with Crippen LogP contribution in [-0.2, 0) is 54.8 Å². The molecule has 0 aliphatic rings. The maximum absolute atomic E-state index is 6.16. The summed E-state index contributed by atoms with van der Waals surface area (Å²) in [5.41, 5.74) is 12.1. The number of ether oxygens (including phenoxy) is 14. The molecule has 0 aliphatic carbocycles. The Bertz CT molecular complexity index is 3650. The van der Waals surface area contributed by atoms with Crippen LogP contribution in [0.1, 0.15) is 139 Å². The van der Waals surface area contributed by atoms with Crippen LogP contribution in [-0.4, -0.2) is 97.3 Å². The highest BCUT2D eigenvalue weighted by atomic mass is 35.7. The number of methoxy groups -OCH3 is 7. The molecule has 106 heavy (non-hydrogen) atoms. The van der Waals surface area contributed by atoms with Crippen molar-refractivity contribution in [2.45, 2.75) is 146 Å². The van der Waals surface area contributed by atoms with Crippen LogP contribution < -0.4 is 70.3 Å². The van der Waals surface area contributed by atoms with E-state index >= 15 is 0 Å². The smallest absolute Gasteiger partial charge is 0.188 e. The summed E-state index contributed by atoms with van der Waals surface area (Å²) in [5, 5.41) is 7.26. The van der Waals surface area contributed by atoms with Gasteiger partial charge in [-0.05, 0) is 157 Å². The summed E-state index contributed by atoms with van der Waals surface area (Å²) in [6.45, 7) is 40.3. The molecule has 7 aromatic carbocycles. The van der Waals surface area contributed by atoms with E-state index < -0.39 is 0 Å². The summed E-state index contributed by atoms with van der Waals surface area (Å²) in [7, 11) is 12.7. The quantitative estimate of drug-likeness (QED) is 0.0341. The van der Waals surface area contributed by atoms with Gasteiger partial charge in [-0.25, -0.2) is 0 Å². The molecule has 7 rings (SSSR count). The van der Waals surface area contributed by atoms with Crippen LogP contribution in [0.3, 0.4) is 0 Å². The summed E-state index contributed by atoms with van der Waals surface area (Å²) in [4.78, 5) is 0. The van der Waals surface area contributed by atoms with E-state index in [1.807, 2.05) is 101 Å². The highest BCUT2D eigenvalue weighted by Crippen LogP contribution is 2.40. The molecule has 0 radical (unpaired) electrons. The second-order valence-corrected chi connectivity index (χ2v) is 36.7. The van der Waals surface area contributed by atoms with Crippen molar-refractivity contribution in [2.75, 3.05) is 97.3 Å². The lowest BCUT2D eigenvalue weighted by molar-refractivity contribution is 0.0504. The van der Waals surface area contributed by atoms with Crippen LogP contribution in [0.15, 0.2) is 109 Å².